The maximum absolute atomic E-state index is 13.8. The lowest BCUT2D eigenvalue weighted by Gasteiger charge is -2.09. The molecule has 2 heterocycles. The van der Waals surface area contributed by atoms with Crippen LogP contribution >= 0.6 is 0 Å². The first-order valence-corrected chi connectivity index (χ1v) is 9.79. The molecule has 2 aromatic heterocycles. The molecule has 0 bridgehead atoms. The van der Waals surface area contributed by atoms with Crippen molar-refractivity contribution >= 4 is 22.4 Å². The van der Waals surface area contributed by atoms with Gasteiger partial charge in [0.1, 0.15) is 24.0 Å². The van der Waals surface area contributed by atoms with Crippen molar-refractivity contribution in [3.05, 3.63) is 93.4 Å². The minimum atomic E-state index is -0.918. The molecule has 9 heteroatoms. The summed E-state index contributed by atoms with van der Waals surface area (Å²) in [7, 11) is 0. The van der Waals surface area contributed by atoms with Crippen LogP contribution in [-0.4, -0.2) is 20.3 Å². The molecule has 0 saturated heterocycles. The second-order valence-corrected chi connectivity index (χ2v) is 7.45. The molecule has 0 aliphatic rings. The Bertz CT molecular complexity index is 1390. The fraction of sp³-hybridized carbons (Fsp3) is 0.174. The van der Waals surface area contributed by atoms with E-state index in [0.717, 1.165) is 28.1 Å². The summed E-state index contributed by atoms with van der Waals surface area (Å²) in [5.74, 6) is -2.69. The second-order valence-electron chi connectivity index (χ2n) is 7.45. The first kappa shape index (κ1) is 21.4. The average molecular weight is 440 g/mol. The van der Waals surface area contributed by atoms with Crippen LogP contribution in [0.4, 0.5) is 18.9 Å². The molecular weight excluding hydrogens is 421 g/mol. The topological polar surface area (TPSA) is 68.9 Å². The fourth-order valence-corrected chi connectivity index (χ4v) is 3.68. The zero-order valence-corrected chi connectivity index (χ0v) is 17.3. The molecule has 0 fully saturated rings. The van der Waals surface area contributed by atoms with Crippen LogP contribution in [0.2, 0.25) is 0 Å². The van der Waals surface area contributed by atoms with E-state index in [4.69, 9.17) is 0 Å². The molecule has 0 aliphatic carbocycles. The van der Waals surface area contributed by atoms with Gasteiger partial charge < -0.3 is 9.88 Å². The summed E-state index contributed by atoms with van der Waals surface area (Å²) in [6.45, 7) is 3.65. The van der Waals surface area contributed by atoms with Crippen LogP contribution in [0.5, 0.6) is 0 Å². The number of amides is 1. The highest BCUT2D eigenvalue weighted by Crippen LogP contribution is 2.23. The Kier molecular flexibility index (Phi) is 5.56. The number of aryl methyl sites for hydroxylation is 2. The summed E-state index contributed by atoms with van der Waals surface area (Å²) >= 11 is 0. The minimum Gasteiger partial charge on any atom is -0.343 e. The number of rotatable bonds is 5. The largest absolute Gasteiger partial charge is 0.343 e. The zero-order chi connectivity index (χ0) is 23.0. The van der Waals surface area contributed by atoms with Gasteiger partial charge in [0, 0.05) is 29.4 Å². The molecule has 0 aliphatic heterocycles. The van der Waals surface area contributed by atoms with Crippen molar-refractivity contribution in [1.82, 2.24) is 14.3 Å². The summed E-state index contributed by atoms with van der Waals surface area (Å²) < 4.78 is 42.9. The molecule has 32 heavy (non-hydrogen) atoms. The Morgan fingerprint density at radius 3 is 2.38 bits per heavy atom. The van der Waals surface area contributed by atoms with Crippen molar-refractivity contribution < 1.29 is 18.0 Å². The average Bonchev–Trinajstić information content (AvgIpc) is 2.99. The Morgan fingerprint density at radius 2 is 1.69 bits per heavy atom. The predicted octanol–water partition coefficient (Wildman–Crippen LogP) is 3.92. The zero-order valence-electron chi connectivity index (χ0n) is 17.3. The molecule has 0 unspecified atom stereocenters. The van der Waals surface area contributed by atoms with Gasteiger partial charge in [-0.25, -0.2) is 17.9 Å². The lowest BCUT2D eigenvalue weighted by atomic mass is 10.2. The lowest BCUT2D eigenvalue weighted by molar-refractivity contribution is -0.117. The van der Waals surface area contributed by atoms with E-state index in [1.807, 2.05) is 11.5 Å². The molecular formula is C23H19F3N4O2. The number of aromatic nitrogens is 3. The van der Waals surface area contributed by atoms with Gasteiger partial charge >= 0.3 is 0 Å². The van der Waals surface area contributed by atoms with E-state index in [-0.39, 0.29) is 11.5 Å². The van der Waals surface area contributed by atoms with Crippen molar-refractivity contribution in [2.24, 2.45) is 0 Å². The normalized spacial score (nSPS) is 11.2. The summed E-state index contributed by atoms with van der Waals surface area (Å²) in [5.41, 5.74) is 1.72. The van der Waals surface area contributed by atoms with Gasteiger partial charge in [-0.05, 0) is 43.7 Å². The smallest absolute Gasteiger partial charge is 0.276 e. The highest BCUT2D eigenvalue weighted by molar-refractivity contribution is 5.91. The number of carbonyl (C=O) groups is 1. The van der Waals surface area contributed by atoms with Gasteiger partial charge in [0.25, 0.3) is 5.56 Å². The van der Waals surface area contributed by atoms with Crippen molar-refractivity contribution in [3.63, 3.8) is 0 Å². The monoisotopic (exact) mass is 440 g/mol. The number of nitrogens with one attached hydrogen (secondary N) is 1. The lowest BCUT2D eigenvalue weighted by Crippen LogP contribution is -2.29. The Labute approximate surface area is 180 Å². The van der Waals surface area contributed by atoms with Crippen LogP contribution < -0.4 is 10.9 Å². The van der Waals surface area contributed by atoms with E-state index in [9.17, 15) is 22.8 Å². The number of carbonyl (C=O) groups excluding carboxylic acids is 1. The van der Waals surface area contributed by atoms with Gasteiger partial charge in [0.05, 0.1) is 17.3 Å². The van der Waals surface area contributed by atoms with E-state index in [1.165, 1.54) is 18.3 Å². The molecule has 0 saturated carbocycles. The van der Waals surface area contributed by atoms with Crippen molar-refractivity contribution in [1.29, 1.82) is 0 Å². The SMILES string of the molecule is Cc1c2cnn(CC(=O)Nc3ccc(F)cc3F)c(=O)c2c(C)n1Cc1ccc(F)cc1. The van der Waals surface area contributed by atoms with Crippen molar-refractivity contribution in [3.8, 4) is 0 Å². The number of halogens is 3. The molecule has 0 radical (unpaired) electrons. The van der Waals surface area contributed by atoms with Gasteiger partial charge in [-0.2, -0.15) is 5.10 Å². The molecule has 164 valence electrons. The van der Waals surface area contributed by atoms with Gasteiger partial charge in [-0.1, -0.05) is 12.1 Å². The number of hydrogen-bond donors (Lipinski definition) is 1. The van der Waals surface area contributed by atoms with E-state index >= 15 is 0 Å². The van der Waals surface area contributed by atoms with Crippen LogP contribution in [0.3, 0.4) is 0 Å². The summed E-state index contributed by atoms with van der Waals surface area (Å²) in [5, 5.41) is 7.46. The number of nitrogens with zero attached hydrogens (tertiary/aromatic N) is 3. The Hall–Kier alpha value is -3.88. The first-order valence-electron chi connectivity index (χ1n) is 9.79. The Balaban J connectivity index is 1.63. The van der Waals surface area contributed by atoms with Gasteiger partial charge in [-0.15, -0.1) is 0 Å². The number of hydrogen-bond acceptors (Lipinski definition) is 3. The number of fused-ring (bicyclic) bond motifs is 1. The van der Waals surface area contributed by atoms with Gasteiger partial charge in [-0.3, -0.25) is 9.59 Å². The van der Waals surface area contributed by atoms with E-state index in [1.54, 1.807) is 19.1 Å². The number of anilines is 1. The fourth-order valence-electron chi connectivity index (χ4n) is 3.68. The highest BCUT2D eigenvalue weighted by atomic mass is 19.1. The minimum absolute atomic E-state index is 0.192. The van der Waals surface area contributed by atoms with Crippen LogP contribution in [-0.2, 0) is 17.9 Å². The molecule has 2 aromatic carbocycles. The van der Waals surface area contributed by atoms with Crippen LogP contribution in [0.15, 0.2) is 53.5 Å². The Morgan fingerprint density at radius 1 is 1.00 bits per heavy atom. The molecule has 6 nitrogen and oxygen atoms in total. The number of benzene rings is 2. The van der Waals surface area contributed by atoms with Crippen LogP contribution in [0, 0.1) is 31.3 Å². The third-order valence-corrected chi connectivity index (χ3v) is 5.36. The van der Waals surface area contributed by atoms with E-state index < -0.39 is 29.6 Å². The molecule has 1 amide bonds. The highest BCUT2D eigenvalue weighted by Gasteiger charge is 2.18. The summed E-state index contributed by atoms with van der Waals surface area (Å²) in [4.78, 5) is 25.4. The van der Waals surface area contributed by atoms with E-state index in [2.05, 4.69) is 10.4 Å². The first-order chi connectivity index (χ1) is 15.2. The molecule has 0 atom stereocenters. The summed E-state index contributed by atoms with van der Waals surface area (Å²) in [6, 6.07) is 8.88. The van der Waals surface area contributed by atoms with Crippen molar-refractivity contribution in [2.45, 2.75) is 26.9 Å². The third-order valence-electron chi connectivity index (χ3n) is 5.36. The summed E-state index contributed by atoms with van der Waals surface area (Å²) in [6.07, 6.45) is 1.51. The van der Waals surface area contributed by atoms with Gasteiger partial charge in [0.2, 0.25) is 5.91 Å². The maximum Gasteiger partial charge on any atom is 0.276 e. The van der Waals surface area contributed by atoms with Crippen molar-refractivity contribution in [2.75, 3.05) is 5.32 Å². The molecule has 4 aromatic rings. The molecule has 0 spiro atoms. The van der Waals surface area contributed by atoms with E-state index in [0.29, 0.717) is 29.1 Å². The molecule has 4 rings (SSSR count). The standard InChI is InChI=1S/C23H19F3N4O2/c1-13-18-10-27-30(12-21(31)28-20-8-7-17(25)9-19(20)26)23(32)22(18)14(2)29(13)11-15-3-5-16(24)6-4-15/h3-10H,11-12H2,1-2H3,(H,28,31). The predicted molar refractivity (Wildman–Crippen MR) is 114 cm³/mol. The third kappa shape index (κ3) is 4.01. The van der Waals surface area contributed by atoms with Crippen LogP contribution in [0.25, 0.3) is 10.8 Å². The second kappa shape index (κ2) is 8.33. The van der Waals surface area contributed by atoms with Crippen LogP contribution in [0.1, 0.15) is 17.0 Å². The van der Waals surface area contributed by atoms with Gasteiger partial charge in [0.15, 0.2) is 0 Å². The maximum atomic E-state index is 13.8. The molecule has 1 N–H and O–H groups in total. The quantitative estimate of drug-likeness (QED) is 0.512.